The largest absolute Gasteiger partial charge is 0.493 e. The molecule has 0 aliphatic rings. The summed E-state index contributed by atoms with van der Waals surface area (Å²) in [6, 6.07) is 12.3. The Morgan fingerprint density at radius 1 is 1.22 bits per heavy atom. The molecule has 0 amide bonds. The third-order valence-electron chi connectivity index (χ3n) is 3.53. The number of nitriles is 1. The van der Waals surface area contributed by atoms with Crippen molar-refractivity contribution in [1.82, 2.24) is 0 Å². The highest BCUT2D eigenvalue weighted by Crippen LogP contribution is 2.37. The van der Waals surface area contributed by atoms with Crippen LogP contribution in [0.1, 0.15) is 11.1 Å². The molecule has 27 heavy (non-hydrogen) atoms. The Hall–Kier alpha value is -3.17. The molecule has 140 valence electrons. The summed E-state index contributed by atoms with van der Waals surface area (Å²) in [6.07, 6.45) is 1.21. The molecular weight excluding hydrogens is 370 g/mol. The van der Waals surface area contributed by atoms with E-state index in [1.807, 2.05) is 31.2 Å². The van der Waals surface area contributed by atoms with Gasteiger partial charge in [-0.3, -0.25) is 0 Å². The molecule has 0 spiro atoms. The predicted molar refractivity (Wildman–Crippen MR) is 101 cm³/mol. The lowest BCUT2D eigenvalue weighted by Gasteiger charge is -2.14. The van der Waals surface area contributed by atoms with Gasteiger partial charge in [0.25, 0.3) is 0 Å². The van der Waals surface area contributed by atoms with Gasteiger partial charge >= 0.3 is 5.97 Å². The van der Waals surface area contributed by atoms with Gasteiger partial charge in [-0.15, -0.1) is 0 Å². The zero-order valence-corrected chi connectivity index (χ0v) is 15.6. The Kier molecular flexibility index (Phi) is 7.09. The zero-order chi connectivity index (χ0) is 19.8. The molecule has 0 heterocycles. The quantitative estimate of drug-likeness (QED) is 0.416. The number of carboxylic acid groups (broad SMARTS) is 1. The number of methoxy groups -OCH3 is 1. The van der Waals surface area contributed by atoms with Crippen LogP contribution >= 0.6 is 11.6 Å². The van der Waals surface area contributed by atoms with E-state index in [4.69, 9.17) is 36.2 Å². The third kappa shape index (κ3) is 5.66. The lowest BCUT2D eigenvalue weighted by molar-refractivity contribution is -0.132. The summed E-state index contributed by atoms with van der Waals surface area (Å²) >= 11 is 6.23. The fourth-order valence-corrected chi connectivity index (χ4v) is 2.48. The maximum atomic E-state index is 11.0. The van der Waals surface area contributed by atoms with Gasteiger partial charge < -0.3 is 19.3 Å². The van der Waals surface area contributed by atoms with Crippen molar-refractivity contribution >= 4 is 23.6 Å². The molecule has 0 aromatic heterocycles. The number of ether oxygens (including phenoxy) is 3. The molecule has 0 unspecified atom stereocenters. The summed E-state index contributed by atoms with van der Waals surface area (Å²) < 4.78 is 16.5. The molecule has 2 aromatic rings. The second kappa shape index (κ2) is 9.51. The molecule has 0 atom stereocenters. The Morgan fingerprint density at radius 2 is 1.89 bits per heavy atom. The van der Waals surface area contributed by atoms with E-state index in [9.17, 15) is 4.79 Å². The molecule has 0 saturated carbocycles. The van der Waals surface area contributed by atoms with Crippen LogP contribution in [0.2, 0.25) is 5.02 Å². The van der Waals surface area contributed by atoms with Crippen molar-refractivity contribution in [2.24, 2.45) is 0 Å². The van der Waals surface area contributed by atoms with Gasteiger partial charge in [0, 0.05) is 0 Å². The molecule has 0 saturated heterocycles. The minimum atomic E-state index is -1.32. The highest BCUT2D eigenvalue weighted by molar-refractivity contribution is 6.32. The summed E-state index contributed by atoms with van der Waals surface area (Å²) in [7, 11) is 1.44. The Morgan fingerprint density at radius 3 is 2.48 bits per heavy atom. The second-order valence-electron chi connectivity index (χ2n) is 5.52. The molecule has 6 nitrogen and oxygen atoms in total. The van der Waals surface area contributed by atoms with Gasteiger partial charge in [-0.25, -0.2) is 4.79 Å². The molecular formula is C20H18ClNO5. The number of hydrogen-bond acceptors (Lipinski definition) is 5. The van der Waals surface area contributed by atoms with Gasteiger partial charge in [0.15, 0.2) is 11.5 Å². The first-order valence-corrected chi connectivity index (χ1v) is 8.37. The summed E-state index contributed by atoms with van der Waals surface area (Å²) in [4.78, 5) is 11.0. The highest BCUT2D eigenvalue weighted by Gasteiger charge is 2.13. The summed E-state index contributed by atoms with van der Waals surface area (Å²) in [5.41, 5.74) is 1.15. The van der Waals surface area contributed by atoms with Crippen molar-refractivity contribution < 1.29 is 24.1 Å². The first kappa shape index (κ1) is 20.1. The van der Waals surface area contributed by atoms with Crippen LogP contribution in [-0.4, -0.2) is 31.4 Å². The number of rotatable bonds is 8. The third-order valence-corrected chi connectivity index (χ3v) is 3.81. The van der Waals surface area contributed by atoms with Crippen molar-refractivity contribution in [1.29, 1.82) is 5.26 Å². The van der Waals surface area contributed by atoms with Gasteiger partial charge in [-0.1, -0.05) is 29.3 Å². The number of aryl methyl sites for hydroxylation is 1. The van der Waals surface area contributed by atoms with E-state index in [0.29, 0.717) is 23.7 Å². The van der Waals surface area contributed by atoms with E-state index in [2.05, 4.69) is 0 Å². The molecule has 2 rings (SSSR count). The molecule has 0 aliphatic carbocycles. The topological polar surface area (TPSA) is 88.8 Å². The molecule has 0 bridgehead atoms. The van der Waals surface area contributed by atoms with Gasteiger partial charge in [0.2, 0.25) is 0 Å². The molecule has 0 fully saturated rings. The van der Waals surface area contributed by atoms with Gasteiger partial charge in [-0.05, 0) is 42.8 Å². The van der Waals surface area contributed by atoms with Crippen LogP contribution in [0.4, 0.5) is 0 Å². The van der Waals surface area contributed by atoms with Crippen molar-refractivity contribution in [3.8, 4) is 23.3 Å². The zero-order valence-electron chi connectivity index (χ0n) is 14.9. The van der Waals surface area contributed by atoms with E-state index < -0.39 is 11.5 Å². The SMILES string of the molecule is COc1cc(C=C(C#N)C(=O)O)cc(Cl)c1OCCOc1ccc(C)cc1. The van der Waals surface area contributed by atoms with E-state index >= 15 is 0 Å². The maximum Gasteiger partial charge on any atom is 0.346 e. The van der Waals surface area contributed by atoms with Crippen LogP contribution in [0.5, 0.6) is 17.2 Å². The Bertz CT molecular complexity index is 884. The van der Waals surface area contributed by atoms with Crippen molar-refractivity contribution in [2.75, 3.05) is 20.3 Å². The number of nitrogens with zero attached hydrogens (tertiary/aromatic N) is 1. The van der Waals surface area contributed by atoms with Gasteiger partial charge in [-0.2, -0.15) is 5.26 Å². The fraction of sp³-hybridized carbons (Fsp3) is 0.200. The van der Waals surface area contributed by atoms with Crippen LogP contribution in [0.3, 0.4) is 0 Å². The van der Waals surface area contributed by atoms with Crippen molar-refractivity contribution in [3.05, 3.63) is 58.1 Å². The number of carbonyl (C=O) groups is 1. The molecule has 7 heteroatoms. The lowest BCUT2D eigenvalue weighted by Crippen LogP contribution is -2.10. The van der Waals surface area contributed by atoms with Crippen LogP contribution < -0.4 is 14.2 Å². The van der Waals surface area contributed by atoms with Crippen LogP contribution in [0.15, 0.2) is 42.0 Å². The van der Waals surface area contributed by atoms with E-state index in [-0.39, 0.29) is 11.6 Å². The monoisotopic (exact) mass is 387 g/mol. The Balaban J connectivity index is 2.07. The summed E-state index contributed by atoms with van der Waals surface area (Å²) in [5.74, 6) is 0.0611. The van der Waals surface area contributed by atoms with E-state index in [0.717, 1.165) is 11.3 Å². The average Bonchev–Trinajstić information content (AvgIpc) is 2.65. The lowest BCUT2D eigenvalue weighted by atomic mass is 10.1. The minimum Gasteiger partial charge on any atom is -0.493 e. The number of halogens is 1. The standard InChI is InChI=1S/C20H18ClNO5/c1-13-3-5-16(6-4-13)26-7-8-27-19-17(21)10-14(11-18(19)25-2)9-15(12-22)20(23)24/h3-6,9-11H,7-8H2,1-2H3,(H,23,24). The normalized spacial score (nSPS) is 10.8. The maximum absolute atomic E-state index is 11.0. The first-order chi connectivity index (χ1) is 12.9. The summed E-state index contributed by atoms with van der Waals surface area (Å²) in [6.45, 7) is 2.54. The number of benzene rings is 2. The predicted octanol–water partition coefficient (Wildman–Crippen LogP) is 4.11. The smallest absolute Gasteiger partial charge is 0.346 e. The molecule has 0 aliphatic heterocycles. The molecule has 1 N–H and O–H groups in total. The number of carboxylic acids is 1. The van der Waals surface area contributed by atoms with Crippen molar-refractivity contribution in [3.63, 3.8) is 0 Å². The Labute approximate surface area is 162 Å². The van der Waals surface area contributed by atoms with Crippen molar-refractivity contribution in [2.45, 2.75) is 6.92 Å². The van der Waals surface area contributed by atoms with Crippen LogP contribution in [-0.2, 0) is 4.79 Å². The second-order valence-corrected chi connectivity index (χ2v) is 5.93. The van der Waals surface area contributed by atoms with Crippen LogP contribution in [0.25, 0.3) is 6.08 Å². The first-order valence-electron chi connectivity index (χ1n) is 7.99. The summed E-state index contributed by atoms with van der Waals surface area (Å²) in [5, 5.41) is 18.0. The fourth-order valence-electron chi connectivity index (χ4n) is 2.21. The minimum absolute atomic E-state index is 0.234. The van der Waals surface area contributed by atoms with E-state index in [1.165, 1.54) is 19.3 Å². The number of aliphatic carboxylic acids is 1. The highest BCUT2D eigenvalue weighted by atomic mass is 35.5. The number of hydrogen-bond donors (Lipinski definition) is 1. The van der Waals surface area contributed by atoms with E-state index in [1.54, 1.807) is 12.1 Å². The van der Waals surface area contributed by atoms with Gasteiger partial charge in [0.05, 0.1) is 12.1 Å². The van der Waals surface area contributed by atoms with Crippen LogP contribution in [0, 0.1) is 18.3 Å². The molecule has 2 aromatic carbocycles. The average molecular weight is 388 g/mol. The molecule has 0 radical (unpaired) electrons. The van der Waals surface area contributed by atoms with Gasteiger partial charge in [0.1, 0.15) is 30.6 Å².